The second-order valence-electron chi connectivity index (χ2n) is 5.69. The summed E-state index contributed by atoms with van der Waals surface area (Å²) in [7, 11) is 1.51. The molecule has 5 nitrogen and oxygen atoms in total. The van der Waals surface area contributed by atoms with E-state index in [0.29, 0.717) is 17.0 Å². The van der Waals surface area contributed by atoms with E-state index < -0.39 is 23.8 Å². The first-order valence-electron chi connectivity index (χ1n) is 7.74. The minimum atomic E-state index is -1.04. The fourth-order valence-electron chi connectivity index (χ4n) is 2.14. The van der Waals surface area contributed by atoms with Crippen LogP contribution in [0, 0.1) is 19.7 Å². The van der Waals surface area contributed by atoms with Crippen molar-refractivity contribution in [1.82, 2.24) is 0 Å². The summed E-state index contributed by atoms with van der Waals surface area (Å²) in [6, 6.07) is 9.23. The zero-order valence-electron chi connectivity index (χ0n) is 14.6. The Kier molecular flexibility index (Phi) is 5.75. The summed E-state index contributed by atoms with van der Waals surface area (Å²) >= 11 is 0. The van der Waals surface area contributed by atoms with Crippen molar-refractivity contribution in [3.63, 3.8) is 0 Å². The van der Waals surface area contributed by atoms with Gasteiger partial charge in [0.15, 0.2) is 6.10 Å². The fourth-order valence-corrected chi connectivity index (χ4v) is 2.14. The quantitative estimate of drug-likeness (QED) is 0.841. The number of halogens is 1. The Morgan fingerprint density at radius 3 is 2.40 bits per heavy atom. The van der Waals surface area contributed by atoms with Crippen molar-refractivity contribution in [3.8, 4) is 5.75 Å². The number of esters is 1. The normalized spacial score (nSPS) is 11.6. The molecule has 0 bridgehead atoms. The lowest BCUT2D eigenvalue weighted by Crippen LogP contribution is -2.30. The number of nitrogens with one attached hydrogen (secondary N) is 1. The van der Waals surface area contributed by atoms with Gasteiger partial charge >= 0.3 is 5.97 Å². The molecule has 0 heterocycles. The van der Waals surface area contributed by atoms with Crippen LogP contribution in [-0.2, 0) is 9.53 Å². The van der Waals surface area contributed by atoms with Gasteiger partial charge in [-0.3, -0.25) is 4.79 Å². The Morgan fingerprint density at radius 1 is 1.08 bits per heavy atom. The predicted octanol–water partition coefficient (Wildman–Crippen LogP) is 3.64. The predicted molar refractivity (Wildman–Crippen MR) is 92.4 cm³/mol. The molecule has 6 heteroatoms. The van der Waals surface area contributed by atoms with E-state index in [2.05, 4.69) is 5.32 Å². The molecule has 2 rings (SSSR count). The van der Waals surface area contributed by atoms with Crippen LogP contribution in [0.2, 0.25) is 0 Å². The van der Waals surface area contributed by atoms with Gasteiger partial charge in [0.25, 0.3) is 5.91 Å². The highest BCUT2D eigenvalue weighted by atomic mass is 19.1. The van der Waals surface area contributed by atoms with E-state index in [-0.39, 0.29) is 5.56 Å². The third-order valence-electron chi connectivity index (χ3n) is 3.74. The summed E-state index contributed by atoms with van der Waals surface area (Å²) in [6.07, 6.45) is -1.04. The second kappa shape index (κ2) is 7.79. The zero-order chi connectivity index (χ0) is 18.6. The Balaban J connectivity index is 2.02. The molecule has 1 N–H and O–H groups in total. The average Bonchev–Trinajstić information content (AvgIpc) is 2.58. The van der Waals surface area contributed by atoms with E-state index in [0.717, 1.165) is 5.56 Å². The van der Waals surface area contributed by atoms with Gasteiger partial charge in [-0.1, -0.05) is 12.1 Å². The molecule has 132 valence electrons. The number of methoxy groups -OCH3 is 1. The summed E-state index contributed by atoms with van der Waals surface area (Å²) in [5.41, 5.74) is 1.94. The number of carbonyl (C=O) groups is 2. The van der Waals surface area contributed by atoms with Gasteiger partial charge in [-0.25, -0.2) is 9.18 Å². The van der Waals surface area contributed by atoms with Gasteiger partial charge in [0.05, 0.1) is 12.7 Å². The van der Waals surface area contributed by atoms with E-state index in [1.807, 2.05) is 6.92 Å². The van der Waals surface area contributed by atoms with Gasteiger partial charge in [0.2, 0.25) is 0 Å². The van der Waals surface area contributed by atoms with Gasteiger partial charge in [-0.05, 0) is 56.2 Å². The van der Waals surface area contributed by atoms with Crippen molar-refractivity contribution in [1.29, 1.82) is 0 Å². The van der Waals surface area contributed by atoms with E-state index in [9.17, 15) is 14.0 Å². The smallest absolute Gasteiger partial charge is 0.339 e. The third-order valence-corrected chi connectivity index (χ3v) is 3.74. The Morgan fingerprint density at radius 2 is 1.76 bits per heavy atom. The molecule has 2 aromatic carbocycles. The average molecular weight is 345 g/mol. The summed E-state index contributed by atoms with van der Waals surface area (Å²) in [6.45, 7) is 4.93. The third kappa shape index (κ3) is 4.56. The Labute approximate surface area is 145 Å². The summed E-state index contributed by atoms with van der Waals surface area (Å²) in [5.74, 6) is -1.05. The lowest BCUT2D eigenvalue weighted by Gasteiger charge is -2.14. The van der Waals surface area contributed by atoms with Crippen molar-refractivity contribution >= 4 is 17.6 Å². The zero-order valence-corrected chi connectivity index (χ0v) is 14.6. The van der Waals surface area contributed by atoms with Crippen LogP contribution >= 0.6 is 0 Å². The fraction of sp³-hybridized carbons (Fsp3) is 0.263. The summed E-state index contributed by atoms with van der Waals surface area (Å²) in [4.78, 5) is 24.3. The molecule has 0 spiro atoms. The van der Waals surface area contributed by atoms with Gasteiger partial charge in [-0.15, -0.1) is 0 Å². The number of hydrogen-bond acceptors (Lipinski definition) is 4. The van der Waals surface area contributed by atoms with Crippen molar-refractivity contribution < 1.29 is 23.5 Å². The molecule has 25 heavy (non-hydrogen) atoms. The molecule has 0 aliphatic carbocycles. The lowest BCUT2D eigenvalue weighted by molar-refractivity contribution is -0.123. The monoisotopic (exact) mass is 345 g/mol. The number of benzene rings is 2. The molecule has 0 saturated carbocycles. The van der Waals surface area contributed by atoms with Crippen molar-refractivity contribution in [2.24, 2.45) is 0 Å². The molecule has 0 fully saturated rings. The number of anilines is 1. The van der Waals surface area contributed by atoms with Gasteiger partial charge < -0.3 is 14.8 Å². The molecule has 0 aliphatic rings. The second-order valence-corrected chi connectivity index (χ2v) is 5.69. The number of carbonyl (C=O) groups excluding carboxylic acids is 2. The molecule has 2 aromatic rings. The van der Waals surface area contributed by atoms with Crippen molar-refractivity contribution in [2.75, 3.05) is 12.4 Å². The maximum absolute atomic E-state index is 13.5. The van der Waals surface area contributed by atoms with Crippen LogP contribution in [0.4, 0.5) is 10.1 Å². The maximum Gasteiger partial charge on any atom is 0.339 e. The number of amides is 1. The summed E-state index contributed by atoms with van der Waals surface area (Å²) < 4.78 is 23.8. The number of hydrogen-bond donors (Lipinski definition) is 1. The molecule has 1 amide bonds. The number of aryl methyl sites for hydroxylation is 2. The van der Waals surface area contributed by atoms with E-state index in [1.165, 1.54) is 20.1 Å². The van der Waals surface area contributed by atoms with Gasteiger partial charge in [0, 0.05) is 5.69 Å². The van der Waals surface area contributed by atoms with Crippen LogP contribution < -0.4 is 10.1 Å². The van der Waals surface area contributed by atoms with Crippen LogP contribution in [0.5, 0.6) is 5.75 Å². The van der Waals surface area contributed by atoms with Crippen LogP contribution in [0.1, 0.15) is 28.4 Å². The highest BCUT2D eigenvalue weighted by Gasteiger charge is 2.20. The first-order valence-corrected chi connectivity index (χ1v) is 7.74. The first-order chi connectivity index (χ1) is 11.8. The topological polar surface area (TPSA) is 64.6 Å². The van der Waals surface area contributed by atoms with E-state index in [4.69, 9.17) is 9.47 Å². The van der Waals surface area contributed by atoms with Crippen molar-refractivity contribution in [2.45, 2.75) is 26.9 Å². The van der Waals surface area contributed by atoms with Gasteiger partial charge in [0.1, 0.15) is 11.6 Å². The van der Waals surface area contributed by atoms with E-state index in [1.54, 1.807) is 37.3 Å². The van der Waals surface area contributed by atoms with Crippen LogP contribution in [-0.4, -0.2) is 25.1 Å². The SMILES string of the molecule is COc1cc(C(=O)O[C@H](C)C(=O)Nc2ccc(C)c(F)c2)ccc1C. The summed E-state index contributed by atoms with van der Waals surface area (Å²) in [5, 5.41) is 2.52. The minimum Gasteiger partial charge on any atom is -0.496 e. The van der Waals surface area contributed by atoms with Crippen LogP contribution in [0.3, 0.4) is 0 Å². The molecule has 0 unspecified atom stereocenters. The Bertz CT molecular complexity index is 804. The molecular weight excluding hydrogens is 325 g/mol. The highest BCUT2D eigenvalue weighted by Crippen LogP contribution is 2.20. The van der Waals surface area contributed by atoms with Crippen molar-refractivity contribution in [3.05, 3.63) is 58.9 Å². The van der Waals surface area contributed by atoms with E-state index >= 15 is 0 Å². The van der Waals surface area contributed by atoms with Crippen LogP contribution in [0.25, 0.3) is 0 Å². The molecule has 0 radical (unpaired) electrons. The molecule has 0 saturated heterocycles. The number of ether oxygens (including phenoxy) is 2. The molecule has 1 atom stereocenters. The lowest BCUT2D eigenvalue weighted by atomic mass is 10.1. The first kappa shape index (κ1) is 18.4. The molecule has 0 aromatic heterocycles. The maximum atomic E-state index is 13.5. The number of rotatable bonds is 5. The molecular formula is C19H20FNO4. The Hall–Kier alpha value is -2.89. The minimum absolute atomic E-state index is 0.281. The van der Waals surface area contributed by atoms with Gasteiger partial charge in [-0.2, -0.15) is 0 Å². The molecule has 0 aliphatic heterocycles. The highest BCUT2D eigenvalue weighted by molar-refractivity contribution is 5.97. The van der Waals surface area contributed by atoms with Crippen LogP contribution in [0.15, 0.2) is 36.4 Å². The standard InChI is InChI=1S/C19H20FNO4/c1-11-6-8-15(10-16(11)20)21-18(22)13(3)25-19(23)14-7-5-12(2)17(9-14)24-4/h5-10,13H,1-4H3,(H,21,22)/t13-/m1/s1. The largest absolute Gasteiger partial charge is 0.496 e.